The average Bonchev–Trinajstić information content (AvgIpc) is 2.55. The van der Waals surface area contributed by atoms with Crippen LogP contribution in [-0.2, 0) is 0 Å². The lowest BCUT2D eigenvalue weighted by molar-refractivity contribution is 0.305. The predicted octanol–water partition coefficient (Wildman–Crippen LogP) is 5.54. The fourth-order valence-electron chi connectivity index (χ4n) is 2.05. The Morgan fingerprint density at radius 2 is 1.68 bits per heavy atom. The number of aliphatic imine (C=N–C) groups is 1. The largest absolute Gasteiger partial charge is 0.494 e. The highest BCUT2D eigenvalue weighted by Gasteiger charge is 1.95. The van der Waals surface area contributed by atoms with Gasteiger partial charge in [0.2, 0.25) is 0 Å². The Hall–Kier alpha value is -2.16. The molecule has 2 aromatic rings. The Morgan fingerprint density at radius 3 is 2.36 bits per heavy atom. The van der Waals surface area contributed by atoms with Crippen LogP contribution in [0.25, 0.3) is 0 Å². The van der Waals surface area contributed by atoms with Crippen molar-refractivity contribution in [1.82, 2.24) is 0 Å². The van der Waals surface area contributed by atoms with Crippen molar-refractivity contribution >= 4 is 11.9 Å². The lowest BCUT2D eigenvalue weighted by atomic mass is 10.2. The first-order chi connectivity index (χ1) is 10.8. The molecule has 0 fully saturated rings. The van der Waals surface area contributed by atoms with Crippen LogP contribution in [0.3, 0.4) is 0 Å². The Bertz CT molecular complexity index is 575. The highest BCUT2D eigenvalue weighted by Crippen LogP contribution is 2.15. The van der Waals surface area contributed by atoms with Crippen LogP contribution in [0.2, 0.25) is 0 Å². The summed E-state index contributed by atoms with van der Waals surface area (Å²) in [7, 11) is 0. The monoisotopic (exact) mass is 299 g/mol. The molecule has 0 aliphatic rings. The van der Waals surface area contributed by atoms with Crippen LogP contribution in [-0.4, -0.2) is 12.8 Å². The quantitative estimate of drug-likeness (QED) is 0.463. The van der Waals surface area contributed by atoms with Crippen molar-refractivity contribution in [1.29, 1.82) is 0 Å². The number of nitrogens with zero attached hydrogens (tertiary/aromatic N) is 1. The standard InChI is InChI=1S/C19H22FNO/c1-2-3-4-5-14-22-19-12-6-16(7-13-19)15-21-18-10-8-17(20)9-11-18/h6-13,15H,2-5,14H2,1H3. The van der Waals surface area contributed by atoms with Gasteiger partial charge in [-0.1, -0.05) is 26.2 Å². The summed E-state index contributed by atoms with van der Waals surface area (Å²) >= 11 is 0. The second-order valence-electron chi connectivity index (χ2n) is 5.21. The van der Waals surface area contributed by atoms with Crippen molar-refractivity contribution in [3.8, 4) is 5.75 Å². The van der Waals surface area contributed by atoms with Gasteiger partial charge in [0.1, 0.15) is 11.6 Å². The molecule has 0 spiro atoms. The second-order valence-corrected chi connectivity index (χ2v) is 5.21. The van der Waals surface area contributed by atoms with Crippen molar-refractivity contribution in [2.45, 2.75) is 32.6 Å². The van der Waals surface area contributed by atoms with Gasteiger partial charge < -0.3 is 4.74 Å². The molecular formula is C19H22FNO. The van der Waals surface area contributed by atoms with E-state index in [1.54, 1.807) is 18.3 Å². The van der Waals surface area contributed by atoms with Crippen LogP contribution in [0.15, 0.2) is 53.5 Å². The van der Waals surface area contributed by atoms with E-state index in [9.17, 15) is 4.39 Å². The first-order valence-corrected chi connectivity index (χ1v) is 7.80. The number of unbranched alkanes of at least 4 members (excludes halogenated alkanes) is 3. The summed E-state index contributed by atoms with van der Waals surface area (Å²) in [6.07, 6.45) is 6.59. The van der Waals surface area contributed by atoms with E-state index in [-0.39, 0.29) is 5.82 Å². The van der Waals surface area contributed by atoms with Crippen LogP contribution in [0.5, 0.6) is 5.75 Å². The summed E-state index contributed by atoms with van der Waals surface area (Å²) in [6.45, 7) is 2.97. The van der Waals surface area contributed by atoms with Gasteiger partial charge in [-0.25, -0.2) is 4.39 Å². The van der Waals surface area contributed by atoms with Gasteiger partial charge in [0, 0.05) is 6.21 Å². The van der Waals surface area contributed by atoms with E-state index in [0.717, 1.165) is 30.0 Å². The third-order valence-electron chi connectivity index (χ3n) is 3.34. The maximum Gasteiger partial charge on any atom is 0.123 e. The molecule has 0 unspecified atom stereocenters. The first-order valence-electron chi connectivity index (χ1n) is 7.80. The molecule has 0 heterocycles. The molecular weight excluding hydrogens is 277 g/mol. The fourth-order valence-corrected chi connectivity index (χ4v) is 2.05. The molecule has 0 aliphatic carbocycles. The average molecular weight is 299 g/mol. The molecule has 0 aromatic heterocycles. The van der Waals surface area contributed by atoms with Gasteiger partial charge in [-0.05, 0) is 60.5 Å². The second kappa shape index (κ2) is 8.98. The Morgan fingerprint density at radius 1 is 0.955 bits per heavy atom. The molecule has 0 N–H and O–H groups in total. The molecule has 0 saturated carbocycles. The summed E-state index contributed by atoms with van der Waals surface area (Å²) in [5.41, 5.74) is 1.72. The molecule has 0 amide bonds. The minimum atomic E-state index is -0.251. The normalized spacial score (nSPS) is 11.0. The van der Waals surface area contributed by atoms with Gasteiger partial charge in [0.05, 0.1) is 12.3 Å². The maximum absolute atomic E-state index is 12.8. The van der Waals surface area contributed by atoms with Crippen LogP contribution >= 0.6 is 0 Å². The van der Waals surface area contributed by atoms with Gasteiger partial charge in [-0.2, -0.15) is 0 Å². The zero-order valence-corrected chi connectivity index (χ0v) is 13.0. The number of hydrogen-bond donors (Lipinski definition) is 0. The summed E-state index contributed by atoms with van der Waals surface area (Å²) in [6, 6.07) is 13.9. The minimum Gasteiger partial charge on any atom is -0.494 e. The molecule has 0 radical (unpaired) electrons. The summed E-state index contributed by atoms with van der Waals surface area (Å²) < 4.78 is 18.5. The minimum absolute atomic E-state index is 0.251. The maximum atomic E-state index is 12.8. The molecule has 22 heavy (non-hydrogen) atoms. The molecule has 2 aromatic carbocycles. The van der Waals surface area contributed by atoms with Crippen LogP contribution in [0, 0.1) is 5.82 Å². The van der Waals surface area contributed by atoms with Crippen LogP contribution in [0.4, 0.5) is 10.1 Å². The van der Waals surface area contributed by atoms with E-state index in [0.29, 0.717) is 0 Å². The highest BCUT2D eigenvalue weighted by molar-refractivity contribution is 5.82. The van der Waals surface area contributed by atoms with Gasteiger partial charge in [-0.3, -0.25) is 4.99 Å². The number of rotatable bonds is 8. The Kier molecular flexibility index (Phi) is 6.62. The molecule has 2 rings (SSSR count). The summed E-state index contributed by atoms with van der Waals surface area (Å²) in [5, 5.41) is 0. The first kappa shape index (κ1) is 16.2. The smallest absolute Gasteiger partial charge is 0.123 e. The van der Waals surface area contributed by atoms with Crippen molar-refractivity contribution in [2.24, 2.45) is 4.99 Å². The number of halogens is 1. The molecule has 2 nitrogen and oxygen atoms in total. The van der Waals surface area contributed by atoms with E-state index in [1.165, 1.54) is 31.4 Å². The topological polar surface area (TPSA) is 21.6 Å². The van der Waals surface area contributed by atoms with Gasteiger partial charge in [0.25, 0.3) is 0 Å². The third-order valence-corrected chi connectivity index (χ3v) is 3.34. The summed E-state index contributed by atoms with van der Waals surface area (Å²) in [4.78, 5) is 4.31. The van der Waals surface area contributed by atoms with Gasteiger partial charge >= 0.3 is 0 Å². The van der Waals surface area contributed by atoms with Crippen molar-refractivity contribution < 1.29 is 9.13 Å². The summed E-state index contributed by atoms with van der Waals surface area (Å²) in [5.74, 6) is 0.634. The van der Waals surface area contributed by atoms with Crippen molar-refractivity contribution in [3.63, 3.8) is 0 Å². The SMILES string of the molecule is CCCCCCOc1ccc(C=Nc2ccc(F)cc2)cc1. The zero-order chi connectivity index (χ0) is 15.6. The van der Waals surface area contributed by atoms with Gasteiger partial charge in [-0.15, -0.1) is 0 Å². The zero-order valence-electron chi connectivity index (χ0n) is 13.0. The molecule has 116 valence electrons. The predicted molar refractivity (Wildman–Crippen MR) is 89.7 cm³/mol. The van der Waals surface area contributed by atoms with Gasteiger partial charge in [0.15, 0.2) is 0 Å². The molecule has 0 bridgehead atoms. The Labute approximate surface area is 131 Å². The number of hydrogen-bond acceptors (Lipinski definition) is 2. The lowest BCUT2D eigenvalue weighted by Crippen LogP contribution is -1.97. The molecule has 0 atom stereocenters. The lowest BCUT2D eigenvalue weighted by Gasteiger charge is -2.05. The van der Waals surface area contributed by atoms with Crippen LogP contribution in [0.1, 0.15) is 38.2 Å². The fraction of sp³-hybridized carbons (Fsp3) is 0.316. The molecule has 3 heteroatoms. The number of ether oxygens (including phenoxy) is 1. The van der Waals surface area contributed by atoms with E-state index in [4.69, 9.17) is 4.74 Å². The van der Waals surface area contributed by atoms with E-state index in [2.05, 4.69) is 11.9 Å². The van der Waals surface area contributed by atoms with E-state index >= 15 is 0 Å². The number of benzene rings is 2. The van der Waals surface area contributed by atoms with E-state index in [1.807, 2.05) is 24.3 Å². The van der Waals surface area contributed by atoms with Crippen molar-refractivity contribution in [2.75, 3.05) is 6.61 Å². The molecule has 0 aliphatic heterocycles. The molecule has 0 saturated heterocycles. The van der Waals surface area contributed by atoms with E-state index < -0.39 is 0 Å². The van der Waals surface area contributed by atoms with Crippen LogP contribution < -0.4 is 4.74 Å². The van der Waals surface area contributed by atoms with Crippen molar-refractivity contribution in [3.05, 3.63) is 59.9 Å². The highest BCUT2D eigenvalue weighted by atomic mass is 19.1. The third kappa shape index (κ3) is 5.68. The Balaban J connectivity index is 1.82.